The summed E-state index contributed by atoms with van der Waals surface area (Å²) < 4.78 is 1.03. The topological polar surface area (TPSA) is 49.8 Å². The number of hydrogen-bond donors (Lipinski definition) is 2. The minimum Gasteiger partial charge on any atom is -0.373 e. The third-order valence-electron chi connectivity index (χ3n) is 3.33. The third kappa shape index (κ3) is 2.93. The Morgan fingerprint density at radius 3 is 2.60 bits per heavy atom. The number of aromatic nitrogens is 2. The Labute approximate surface area is 127 Å². The molecule has 2 N–H and O–H groups in total. The first-order valence-electron chi connectivity index (χ1n) is 6.75. The van der Waals surface area contributed by atoms with Gasteiger partial charge in [-0.3, -0.25) is 0 Å². The van der Waals surface area contributed by atoms with Crippen molar-refractivity contribution in [2.45, 2.75) is 25.7 Å². The summed E-state index contributed by atoms with van der Waals surface area (Å²) in [6, 6.07) is 8.15. The maximum Gasteiger partial charge on any atom is 0.136 e. The zero-order chi connectivity index (χ0) is 14.1. The second-order valence-electron chi connectivity index (χ2n) is 5.13. The van der Waals surface area contributed by atoms with Gasteiger partial charge in [0, 0.05) is 23.5 Å². The summed E-state index contributed by atoms with van der Waals surface area (Å²) in [5.74, 6) is 3.15. The summed E-state index contributed by atoms with van der Waals surface area (Å²) in [5.41, 5.74) is 2.23. The maximum atomic E-state index is 4.63. The van der Waals surface area contributed by atoms with Crippen LogP contribution in [0.5, 0.6) is 0 Å². The van der Waals surface area contributed by atoms with Gasteiger partial charge >= 0.3 is 0 Å². The molecule has 0 amide bonds. The van der Waals surface area contributed by atoms with Crippen LogP contribution in [0.2, 0.25) is 0 Å². The number of aryl methyl sites for hydroxylation is 1. The monoisotopic (exact) mass is 332 g/mol. The van der Waals surface area contributed by atoms with E-state index >= 15 is 0 Å². The van der Waals surface area contributed by atoms with Crippen LogP contribution in [0, 0.1) is 6.92 Å². The van der Waals surface area contributed by atoms with E-state index in [0.717, 1.165) is 27.6 Å². The molecule has 1 aliphatic carbocycles. The van der Waals surface area contributed by atoms with Crippen molar-refractivity contribution >= 4 is 33.3 Å². The van der Waals surface area contributed by atoms with Crippen molar-refractivity contribution in [3.8, 4) is 0 Å². The number of benzene rings is 1. The molecule has 20 heavy (non-hydrogen) atoms. The van der Waals surface area contributed by atoms with Crippen molar-refractivity contribution in [3.05, 3.63) is 40.1 Å². The summed E-state index contributed by atoms with van der Waals surface area (Å²) in [4.78, 5) is 9.15. The number of hydrogen-bond acceptors (Lipinski definition) is 4. The van der Waals surface area contributed by atoms with Gasteiger partial charge in [0.25, 0.3) is 0 Å². The molecule has 0 atom stereocenters. The van der Waals surface area contributed by atoms with Crippen LogP contribution >= 0.6 is 15.9 Å². The highest BCUT2D eigenvalue weighted by atomic mass is 79.9. The molecule has 1 aliphatic rings. The molecule has 1 fully saturated rings. The highest BCUT2D eigenvalue weighted by Crippen LogP contribution is 2.39. The van der Waals surface area contributed by atoms with E-state index in [9.17, 15) is 0 Å². The third-order valence-corrected chi connectivity index (χ3v) is 4.02. The summed E-state index contributed by atoms with van der Waals surface area (Å²) >= 11 is 3.56. The number of anilines is 3. The van der Waals surface area contributed by atoms with Crippen molar-refractivity contribution in [1.29, 1.82) is 0 Å². The first kappa shape index (κ1) is 13.4. The SMILES string of the molecule is CNc1cc(Nc2cc(C)ccc2Br)nc(C2CC2)n1. The lowest BCUT2D eigenvalue weighted by Crippen LogP contribution is -2.03. The van der Waals surface area contributed by atoms with Crippen LogP contribution in [0.1, 0.15) is 30.1 Å². The highest BCUT2D eigenvalue weighted by molar-refractivity contribution is 9.10. The lowest BCUT2D eigenvalue weighted by molar-refractivity contribution is 0.932. The first-order chi connectivity index (χ1) is 9.65. The second kappa shape index (κ2) is 5.40. The van der Waals surface area contributed by atoms with Crippen LogP contribution in [0.4, 0.5) is 17.3 Å². The predicted octanol–water partition coefficient (Wildman–Crippen LogP) is 4.21. The second-order valence-corrected chi connectivity index (χ2v) is 5.98. The van der Waals surface area contributed by atoms with E-state index in [-0.39, 0.29) is 0 Å². The molecular weight excluding hydrogens is 316 g/mol. The minimum absolute atomic E-state index is 0.532. The molecule has 1 aromatic heterocycles. The largest absolute Gasteiger partial charge is 0.373 e. The summed E-state index contributed by atoms with van der Waals surface area (Å²) in [5, 5.41) is 6.47. The molecule has 1 aromatic carbocycles. The fraction of sp³-hybridized carbons (Fsp3) is 0.333. The Morgan fingerprint density at radius 1 is 1.15 bits per heavy atom. The Balaban J connectivity index is 1.93. The molecule has 2 aromatic rings. The lowest BCUT2D eigenvalue weighted by atomic mass is 10.2. The van der Waals surface area contributed by atoms with E-state index in [1.165, 1.54) is 18.4 Å². The fourth-order valence-corrected chi connectivity index (χ4v) is 2.40. The molecule has 1 heterocycles. The van der Waals surface area contributed by atoms with Crippen molar-refractivity contribution in [3.63, 3.8) is 0 Å². The Kier molecular flexibility index (Phi) is 3.61. The molecular formula is C15H17BrN4. The van der Waals surface area contributed by atoms with Crippen LogP contribution in [-0.4, -0.2) is 17.0 Å². The molecule has 0 aliphatic heterocycles. The van der Waals surface area contributed by atoms with Gasteiger partial charge in [0.15, 0.2) is 0 Å². The molecule has 0 unspecified atom stereocenters. The zero-order valence-corrected chi connectivity index (χ0v) is 13.2. The van der Waals surface area contributed by atoms with Gasteiger partial charge in [-0.25, -0.2) is 9.97 Å². The normalized spacial score (nSPS) is 14.2. The quantitative estimate of drug-likeness (QED) is 0.880. The molecule has 0 saturated heterocycles. The number of nitrogens with one attached hydrogen (secondary N) is 2. The molecule has 1 saturated carbocycles. The Bertz CT molecular complexity index is 638. The van der Waals surface area contributed by atoms with Gasteiger partial charge in [-0.05, 0) is 53.4 Å². The number of rotatable bonds is 4. The average molecular weight is 333 g/mol. The molecule has 4 nitrogen and oxygen atoms in total. The summed E-state index contributed by atoms with van der Waals surface area (Å²) in [6.07, 6.45) is 2.39. The number of nitrogens with zero attached hydrogens (tertiary/aromatic N) is 2. The maximum absolute atomic E-state index is 4.63. The standard InChI is InChI=1S/C15H17BrN4/c1-9-3-6-11(16)12(7-9)18-14-8-13(17-2)19-15(20-14)10-4-5-10/h3,6-8,10H,4-5H2,1-2H3,(H2,17,18,19,20). The fourth-order valence-electron chi connectivity index (χ4n) is 2.05. The van der Waals surface area contributed by atoms with Crippen LogP contribution in [-0.2, 0) is 0 Å². The summed E-state index contributed by atoms with van der Waals surface area (Å²) in [7, 11) is 1.88. The van der Waals surface area contributed by atoms with Gasteiger partial charge in [0.2, 0.25) is 0 Å². The van der Waals surface area contributed by atoms with E-state index in [4.69, 9.17) is 0 Å². The van der Waals surface area contributed by atoms with Crippen LogP contribution in [0.3, 0.4) is 0 Å². The van der Waals surface area contributed by atoms with Crippen molar-refractivity contribution in [1.82, 2.24) is 9.97 Å². The molecule has 0 spiro atoms. The van der Waals surface area contributed by atoms with E-state index in [1.54, 1.807) is 0 Å². The molecule has 5 heteroatoms. The van der Waals surface area contributed by atoms with E-state index in [0.29, 0.717) is 5.92 Å². The van der Waals surface area contributed by atoms with Gasteiger partial charge in [-0.15, -0.1) is 0 Å². The van der Waals surface area contributed by atoms with Gasteiger partial charge in [-0.2, -0.15) is 0 Å². The molecule has 0 radical (unpaired) electrons. The highest BCUT2D eigenvalue weighted by Gasteiger charge is 2.27. The Morgan fingerprint density at radius 2 is 1.90 bits per heavy atom. The summed E-state index contributed by atoms with van der Waals surface area (Å²) in [6.45, 7) is 2.08. The van der Waals surface area contributed by atoms with Gasteiger partial charge < -0.3 is 10.6 Å². The molecule has 104 valence electrons. The molecule has 0 bridgehead atoms. The van der Waals surface area contributed by atoms with Crippen molar-refractivity contribution in [2.75, 3.05) is 17.7 Å². The van der Waals surface area contributed by atoms with Crippen LogP contribution in [0.25, 0.3) is 0 Å². The average Bonchev–Trinajstić information content (AvgIpc) is 3.27. The van der Waals surface area contributed by atoms with Crippen LogP contribution in [0.15, 0.2) is 28.7 Å². The van der Waals surface area contributed by atoms with Crippen LogP contribution < -0.4 is 10.6 Å². The van der Waals surface area contributed by atoms with Gasteiger partial charge in [0.05, 0.1) is 5.69 Å². The first-order valence-corrected chi connectivity index (χ1v) is 7.55. The van der Waals surface area contributed by atoms with E-state index in [2.05, 4.69) is 55.6 Å². The zero-order valence-electron chi connectivity index (χ0n) is 11.6. The van der Waals surface area contributed by atoms with Gasteiger partial charge in [0.1, 0.15) is 17.5 Å². The van der Waals surface area contributed by atoms with E-state index < -0.39 is 0 Å². The van der Waals surface area contributed by atoms with E-state index in [1.807, 2.05) is 19.2 Å². The van der Waals surface area contributed by atoms with Crippen molar-refractivity contribution < 1.29 is 0 Å². The Hall–Kier alpha value is -1.62. The molecule has 3 rings (SSSR count). The minimum atomic E-state index is 0.532. The van der Waals surface area contributed by atoms with Gasteiger partial charge in [-0.1, -0.05) is 6.07 Å². The van der Waals surface area contributed by atoms with Crippen molar-refractivity contribution in [2.24, 2.45) is 0 Å². The lowest BCUT2D eigenvalue weighted by Gasteiger charge is -2.11. The smallest absolute Gasteiger partial charge is 0.136 e. The number of halogens is 1. The predicted molar refractivity (Wildman–Crippen MR) is 85.7 cm³/mol.